The first-order valence-corrected chi connectivity index (χ1v) is 5.10. The zero-order valence-corrected chi connectivity index (χ0v) is 8.27. The second-order valence-corrected chi connectivity index (χ2v) is 3.87. The van der Waals surface area contributed by atoms with Gasteiger partial charge in [-0.3, -0.25) is 0 Å². The predicted molar refractivity (Wildman–Crippen MR) is 58.4 cm³/mol. The van der Waals surface area contributed by atoms with Crippen LogP contribution in [0.2, 0.25) is 0 Å². The van der Waals surface area contributed by atoms with E-state index in [-0.39, 0.29) is 0 Å². The van der Waals surface area contributed by atoms with Crippen molar-refractivity contribution in [3.05, 3.63) is 52.4 Å². The average Bonchev–Trinajstić information content (AvgIpc) is 2.43. The van der Waals surface area contributed by atoms with Gasteiger partial charge in [-0.05, 0) is 36.1 Å². The standard InChI is InChI=1S/C11H11NS/c1-9-7-11(13-8-9)10-5-3-2-4-6-12-10/h2-8,12H,1H3. The van der Waals surface area contributed by atoms with Crippen LogP contribution >= 0.6 is 11.3 Å². The molecule has 2 heterocycles. The molecule has 0 aliphatic carbocycles. The Kier molecular flexibility index (Phi) is 2.32. The third-order valence-corrected chi connectivity index (χ3v) is 2.90. The van der Waals surface area contributed by atoms with Gasteiger partial charge in [0.05, 0.1) is 10.6 Å². The van der Waals surface area contributed by atoms with Gasteiger partial charge in [-0.2, -0.15) is 0 Å². The van der Waals surface area contributed by atoms with Crippen LogP contribution in [0.25, 0.3) is 5.70 Å². The zero-order valence-electron chi connectivity index (χ0n) is 7.45. The minimum atomic E-state index is 1.17. The predicted octanol–water partition coefficient (Wildman–Crippen LogP) is 3.07. The van der Waals surface area contributed by atoms with Crippen molar-refractivity contribution in [2.24, 2.45) is 0 Å². The van der Waals surface area contributed by atoms with Crippen LogP contribution in [0.15, 0.2) is 42.0 Å². The molecule has 1 aliphatic heterocycles. The van der Waals surface area contributed by atoms with Crippen molar-refractivity contribution in [3.63, 3.8) is 0 Å². The molecule has 0 bridgehead atoms. The molecule has 0 atom stereocenters. The van der Waals surface area contributed by atoms with Crippen LogP contribution in [0, 0.1) is 6.92 Å². The van der Waals surface area contributed by atoms with Gasteiger partial charge in [-0.1, -0.05) is 12.2 Å². The topological polar surface area (TPSA) is 12.0 Å². The first-order chi connectivity index (χ1) is 6.36. The van der Waals surface area contributed by atoms with Crippen molar-refractivity contribution in [2.45, 2.75) is 6.92 Å². The number of hydrogen-bond donors (Lipinski definition) is 1. The van der Waals surface area contributed by atoms with Gasteiger partial charge in [0, 0.05) is 6.20 Å². The molecule has 0 aromatic carbocycles. The van der Waals surface area contributed by atoms with E-state index in [2.05, 4.69) is 29.8 Å². The highest BCUT2D eigenvalue weighted by Crippen LogP contribution is 2.21. The molecule has 66 valence electrons. The number of allylic oxidation sites excluding steroid dienone is 4. The number of aryl methyl sites for hydroxylation is 1. The maximum absolute atomic E-state index is 3.24. The summed E-state index contributed by atoms with van der Waals surface area (Å²) in [5.74, 6) is 0. The van der Waals surface area contributed by atoms with E-state index < -0.39 is 0 Å². The molecular weight excluding hydrogens is 178 g/mol. The summed E-state index contributed by atoms with van der Waals surface area (Å²) in [6, 6.07) is 2.19. The molecule has 2 heteroatoms. The van der Waals surface area contributed by atoms with E-state index in [4.69, 9.17) is 0 Å². The van der Waals surface area contributed by atoms with Gasteiger partial charge in [0.15, 0.2) is 0 Å². The Morgan fingerprint density at radius 3 is 2.92 bits per heavy atom. The summed E-state index contributed by atoms with van der Waals surface area (Å²) in [6.07, 6.45) is 10.1. The second-order valence-electron chi connectivity index (χ2n) is 2.96. The van der Waals surface area contributed by atoms with Gasteiger partial charge < -0.3 is 5.32 Å². The molecule has 1 aromatic rings. The Morgan fingerprint density at radius 2 is 2.15 bits per heavy atom. The first kappa shape index (κ1) is 8.32. The largest absolute Gasteiger partial charge is 0.361 e. The normalized spacial score (nSPS) is 15.0. The van der Waals surface area contributed by atoms with Crippen LogP contribution in [0.5, 0.6) is 0 Å². The zero-order chi connectivity index (χ0) is 9.10. The lowest BCUT2D eigenvalue weighted by molar-refractivity contribution is 1.23. The molecule has 0 spiro atoms. The van der Waals surface area contributed by atoms with Gasteiger partial charge in [-0.15, -0.1) is 11.3 Å². The Bertz CT molecular complexity index is 383. The van der Waals surface area contributed by atoms with Gasteiger partial charge in [0.25, 0.3) is 0 Å². The van der Waals surface area contributed by atoms with Crippen molar-refractivity contribution in [1.82, 2.24) is 5.32 Å². The maximum atomic E-state index is 3.24. The van der Waals surface area contributed by atoms with Gasteiger partial charge in [0.1, 0.15) is 0 Å². The van der Waals surface area contributed by atoms with Crippen molar-refractivity contribution < 1.29 is 0 Å². The minimum absolute atomic E-state index is 1.17. The van der Waals surface area contributed by atoms with E-state index in [0.29, 0.717) is 0 Å². The number of nitrogens with one attached hydrogen (secondary N) is 1. The van der Waals surface area contributed by atoms with Crippen molar-refractivity contribution >= 4 is 17.0 Å². The first-order valence-electron chi connectivity index (χ1n) is 4.22. The molecule has 1 N–H and O–H groups in total. The summed E-state index contributed by atoms with van der Waals surface area (Å²) in [7, 11) is 0. The van der Waals surface area contributed by atoms with Crippen molar-refractivity contribution in [2.75, 3.05) is 0 Å². The molecule has 0 saturated heterocycles. The van der Waals surface area contributed by atoms with Crippen LogP contribution in [0.4, 0.5) is 0 Å². The van der Waals surface area contributed by atoms with Crippen LogP contribution in [0.1, 0.15) is 10.4 Å². The van der Waals surface area contributed by atoms with Crippen LogP contribution in [-0.4, -0.2) is 0 Å². The summed E-state index contributed by atoms with van der Waals surface area (Å²) in [5, 5.41) is 5.40. The molecule has 13 heavy (non-hydrogen) atoms. The highest BCUT2D eigenvalue weighted by Gasteiger charge is 2.01. The van der Waals surface area contributed by atoms with E-state index in [1.165, 1.54) is 16.1 Å². The molecule has 1 aromatic heterocycles. The monoisotopic (exact) mass is 189 g/mol. The van der Waals surface area contributed by atoms with Gasteiger partial charge in [0.2, 0.25) is 0 Å². The molecule has 1 nitrogen and oxygen atoms in total. The lowest BCUT2D eigenvalue weighted by Gasteiger charge is -2.01. The smallest absolute Gasteiger partial charge is 0.0554 e. The average molecular weight is 189 g/mol. The van der Waals surface area contributed by atoms with E-state index in [1.54, 1.807) is 11.3 Å². The van der Waals surface area contributed by atoms with E-state index in [0.717, 1.165) is 0 Å². The fraction of sp³-hybridized carbons (Fsp3) is 0.0909. The van der Waals surface area contributed by atoms with Crippen LogP contribution in [0.3, 0.4) is 0 Å². The van der Waals surface area contributed by atoms with E-state index in [9.17, 15) is 0 Å². The highest BCUT2D eigenvalue weighted by atomic mass is 32.1. The van der Waals surface area contributed by atoms with E-state index >= 15 is 0 Å². The van der Waals surface area contributed by atoms with Gasteiger partial charge >= 0.3 is 0 Å². The summed E-state index contributed by atoms with van der Waals surface area (Å²) < 4.78 is 0. The second kappa shape index (κ2) is 3.62. The van der Waals surface area contributed by atoms with Gasteiger partial charge in [-0.25, -0.2) is 0 Å². The third-order valence-electron chi connectivity index (χ3n) is 1.82. The molecule has 0 unspecified atom stereocenters. The Hall–Kier alpha value is -1.28. The Labute approximate surface area is 82.1 Å². The number of thiophene rings is 1. The molecule has 0 fully saturated rings. The quantitative estimate of drug-likeness (QED) is 0.716. The number of hydrogen-bond acceptors (Lipinski definition) is 2. The molecule has 0 radical (unpaired) electrons. The third kappa shape index (κ3) is 1.90. The van der Waals surface area contributed by atoms with E-state index in [1.807, 2.05) is 24.4 Å². The fourth-order valence-electron chi connectivity index (χ4n) is 1.18. The lowest BCUT2D eigenvalue weighted by Crippen LogP contribution is -2.00. The molecule has 0 amide bonds. The molecule has 1 aliphatic rings. The minimum Gasteiger partial charge on any atom is -0.361 e. The summed E-state index contributed by atoms with van der Waals surface area (Å²) in [5.41, 5.74) is 2.49. The Balaban J connectivity index is 2.31. The maximum Gasteiger partial charge on any atom is 0.0554 e. The summed E-state index contributed by atoms with van der Waals surface area (Å²) in [4.78, 5) is 1.29. The highest BCUT2D eigenvalue weighted by molar-refractivity contribution is 7.11. The summed E-state index contributed by atoms with van der Waals surface area (Å²) >= 11 is 1.77. The molecular formula is C11H11NS. The SMILES string of the molecule is Cc1csc(C2=CC=CC=CN2)c1. The van der Waals surface area contributed by atoms with Crippen LogP contribution < -0.4 is 5.32 Å². The summed E-state index contributed by atoms with van der Waals surface area (Å²) in [6.45, 7) is 2.11. The fourth-order valence-corrected chi connectivity index (χ4v) is 2.07. The van der Waals surface area contributed by atoms with Crippen molar-refractivity contribution in [3.8, 4) is 0 Å². The molecule has 2 rings (SSSR count). The number of rotatable bonds is 1. The Morgan fingerprint density at radius 1 is 1.23 bits per heavy atom. The van der Waals surface area contributed by atoms with Crippen molar-refractivity contribution in [1.29, 1.82) is 0 Å². The molecule has 0 saturated carbocycles. The van der Waals surface area contributed by atoms with Crippen LogP contribution in [-0.2, 0) is 0 Å². The lowest BCUT2D eigenvalue weighted by atomic mass is 10.3.